The third kappa shape index (κ3) is 3.71. The maximum Gasteiger partial charge on any atom is 0.423 e. The molecule has 1 fully saturated rings. The molecule has 1 aliphatic rings. The second kappa shape index (κ2) is 5.62. The molecule has 9 heteroatoms. The summed E-state index contributed by atoms with van der Waals surface area (Å²) in [5.74, 6) is 0. The van der Waals surface area contributed by atoms with Gasteiger partial charge in [-0.25, -0.2) is 4.79 Å². The van der Waals surface area contributed by atoms with Crippen molar-refractivity contribution >= 4 is 24.7 Å². The van der Waals surface area contributed by atoms with E-state index in [1.165, 1.54) is 0 Å². The van der Waals surface area contributed by atoms with Crippen LogP contribution < -0.4 is 0 Å². The van der Waals surface area contributed by atoms with Crippen LogP contribution in [-0.4, -0.2) is 51.5 Å². The van der Waals surface area contributed by atoms with E-state index in [1.807, 2.05) is 0 Å². The van der Waals surface area contributed by atoms with Crippen molar-refractivity contribution in [3.63, 3.8) is 0 Å². The summed E-state index contributed by atoms with van der Waals surface area (Å²) in [5, 5.41) is 9.00. The molecule has 0 aliphatic carbocycles. The number of rotatable bonds is 4. The molecule has 0 saturated carbocycles. The van der Waals surface area contributed by atoms with Crippen LogP contribution in [0.3, 0.4) is 0 Å². The number of amides is 1. The lowest BCUT2D eigenvalue weighted by molar-refractivity contribution is 0.157. The zero-order valence-corrected chi connectivity index (χ0v) is 14.4. The topological polar surface area (TPSA) is 93.1 Å². The monoisotopic (exact) mass is 325 g/mol. The highest BCUT2D eigenvalue weighted by molar-refractivity contribution is 7.85. The van der Waals surface area contributed by atoms with Gasteiger partial charge in [-0.2, -0.15) is 12.7 Å². The molecule has 1 heterocycles. The van der Waals surface area contributed by atoms with E-state index in [0.717, 1.165) is 0 Å². The Morgan fingerprint density at radius 3 is 2.45 bits per heavy atom. The van der Waals surface area contributed by atoms with E-state index in [1.54, 1.807) is 0 Å². The van der Waals surface area contributed by atoms with Gasteiger partial charge < -0.3 is 9.53 Å². The first-order valence-electron chi connectivity index (χ1n) is 6.44. The number of carbonyl (C=O) groups is 1. The molecular weight excluding hydrogens is 302 g/mol. The van der Waals surface area contributed by atoms with E-state index in [4.69, 9.17) is 9.53 Å². The number of hydrogen-bond donors (Lipinski definition) is 1. The van der Waals surface area contributed by atoms with Gasteiger partial charge in [-0.05, 0) is 24.6 Å². The Balaban J connectivity index is 2.61. The SMILES string of the molecule is CC(C)(C)[Si](C)(C)OCC[C@H]1COS(=O)(=O)N1C(=O)O. The lowest BCUT2D eigenvalue weighted by Gasteiger charge is -2.36. The van der Waals surface area contributed by atoms with E-state index >= 15 is 0 Å². The minimum Gasteiger partial charge on any atom is -0.464 e. The summed E-state index contributed by atoms with van der Waals surface area (Å²) in [5.41, 5.74) is 0. The summed E-state index contributed by atoms with van der Waals surface area (Å²) >= 11 is 0. The van der Waals surface area contributed by atoms with E-state index < -0.39 is 30.8 Å². The second-order valence-corrected chi connectivity index (χ2v) is 12.7. The second-order valence-electron chi connectivity index (χ2n) is 6.37. The molecule has 118 valence electrons. The van der Waals surface area contributed by atoms with Crippen LogP contribution in [0.2, 0.25) is 18.1 Å². The molecule has 0 aromatic carbocycles. The molecule has 20 heavy (non-hydrogen) atoms. The van der Waals surface area contributed by atoms with Crippen molar-refractivity contribution < 1.29 is 26.9 Å². The summed E-state index contributed by atoms with van der Waals surface area (Å²) in [4.78, 5) is 11.0. The maximum atomic E-state index is 11.4. The summed E-state index contributed by atoms with van der Waals surface area (Å²) < 4.78 is 33.7. The molecule has 0 unspecified atom stereocenters. The molecule has 0 aromatic rings. The fraction of sp³-hybridized carbons (Fsp3) is 0.909. The van der Waals surface area contributed by atoms with Crippen LogP contribution in [0.25, 0.3) is 0 Å². The Kier molecular flexibility index (Phi) is 4.90. The van der Waals surface area contributed by atoms with Crippen LogP contribution in [0.1, 0.15) is 27.2 Å². The fourth-order valence-corrected chi connectivity index (χ4v) is 3.82. The van der Waals surface area contributed by atoms with Crippen molar-refractivity contribution in [2.75, 3.05) is 13.2 Å². The highest BCUT2D eigenvalue weighted by atomic mass is 32.2. The Bertz CT molecular complexity index is 470. The Hall–Kier alpha value is -0.643. The van der Waals surface area contributed by atoms with Gasteiger partial charge in [0.05, 0.1) is 12.6 Å². The van der Waals surface area contributed by atoms with Crippen molar-refractivity contribution in [1.29, 1.82) is 0 Å². The van der Waals surface area contributed by atoms with E-state index in [9.17, 15) is 13.2 Å². The van der Waals surface area contributed by atoms with Crippen LogP contribution in [0, 0.1) is 0 Å². The number of carboxylic acid groups (broad SMARTS) is 1. The molecule has 1 rings (SSSR count). The first-order chi connectivity index (χ1) is 8.88. The van der Waals surface area contributed by atoms with Gasteiger partial charge >= 0.3 is 16.4 Å². The molecule has 0 spiro atoms. The largest absolute Gasteiger partial charge is 0.464 e. The lowest BCUT2D eigenvalue weighted by atomic mass is 10.2. The van der Waals surface area contributed by atoms with Crippen LogP contribution >= 0.6 is 0 Å². The summed E-state index contributed by atoms with van der Waals surface area (Å²) in [6, 6.07) is -0.706. The van der Waals surface area contributed by atoms with Gasteiger partial charge in [0.1, 0.15) is 0 Å². The number of nitrogens with zero attached hydrogens (tertiary/aromatic N) is 1. The predicted octanol–water partition coefficient (Wildman–Crippen LogP) is 2.02. The van der Waals surface area contributed by atoms with Gasteiger partial charge in [0.25, 0.3) is 0 Å². The Labute approximate surface area is 121 Å². The highest BCUT2D eigenvalue weighted by Crippen LogP contribution is 2.36. The molecule has 0 radical (unpaired) electrons. The van der Waals surface area contributed by atoms with Crippen molar-refractivity contribution in [2.24, 2.45) is 0 Å². The average molecular weight is 325 g/mol. The maximum absolute atomic E-state index is 11.4. The molecule has 1 amide bonds. The standard InChI is InChI=1S/C11H23NO6SSi/c1-11(2,3)20(4,5)18-7-6-9-8-17-19(15,16)12(9)10(13)14/h9H,6-8H2,1-5H3,(H,13,14)/t9-/m0/s1. The molecule has 1 saturated heterocycles. The summed E-state index contributed by atoms with van der Waals surface area (Å²) in [7, 11) is -6.06. The first kappa shape index (κ1) is 17.4. The quantitative estimate of drug-likeness (QED) is 0.795. The Morgan fingerprint density at radius 1 is 1.45 bits per heavy atom. The Morgan fingerprint density at radius 2 is 2.00 bits per heavy atom. The number of hydrogen-bond acceptors (Lipinski definition) is 5. The molecule has 1 aliphatic heterocycles. The molecule has 1 N–H and O–H groups in total. The zero-order chi connectivity index (χ0) is 15.8. The molecule has 7 nitrogen and oxygen atoms in total. The van der Waals surface area contributed by atoms with E-state index in [-0.39, 0.29) is 11.6 Å². The van der Waals surface area contributed by atoms with Gasteiger partial charge in [0.2, 0.25) is 0 Å². The summed E-state index contributed by atoms with van der Waals surface area (Å²) in [6.45, 7) is 10.7. The normalized spacial score (nSPS) is 23.1. The predicted molar refractivity (Wildman–Crippen MR) is 76.3 cm³/mol. The molecular formula is C11H23NO6SSi. The smallest absolute Gasteiger partial charge is 0.423 e. The van der Waals surface area contributed by atoms with Crippen LogP contribution in [0.5, 0.6) is 0 Å². The molecule has 0 bridgehead atoms. The van der Waals surface area contributed by atoms with Gasteiger partial charge in [-0.15, -0.1) is 0 Å². The lowest BCUT2D eigenvalue weighted by Crippen LogP contribution is -2.43. The van der Waals surface area contributed by atoms with E-state index in [0.29, 0.717) is 17.3 Å². The molecule has 0 aromatic heterocycles. The van der Waals surface area contributed by atoms with Crippen molar-refractivity contribution in [1.82, 2.24) is 4.31 Å². The third-order valence-corrected chi connectivity index (χ3v) is 9.80. The van der Waals surface area contributed by atoms with Crippen molar-refractivity contribution in [3.8, 4) is 0 Å². The first-order valence-corrected chi connectivity index (χ1v) is 10.7. The fourth-order valence-electron chi connectivity index (χ4n) is 1.59. The van der Waals surface area contributed by atoms with E-state index in [2.05, 4.69) is 38.0 Å². The van der Waals surface area contributed by atoms with Crippen LogP contribution in [0.4, 0.5) is 4.79 Å². The van der Waals surface area contributed by atoms with Gasteiger partial charge in [0.15, 0.2) is 8.32 Å². The average Bonchev–Trinajstić information content (AvgIpc) is 2.51. The minimum atomic E-state index is -4.14. The zero-order valence-electron chi connectivity index (χ0n) is 12.5. The van der Waals surface area contributed by atoms with Crippen molar-refractivity contribution in [2.45, 2.75) is 51.4 Å². The molecule has 1 atom stereocenters. The van der Waals surface area contributed by atoms with Gasteiger partial charge in [0, 0.05) is 6.61 Å². The minimum absolute atomic E-state index is 0.0533. The third-order valence-electron chi connectivity index (χ3n) is 3.89. The highest BCUT2D eigenvalue weighted by Gasteiger charge is 2.43. The van der Waals surface area contributed by atoms with Gasteiger partial charge in [-0.3, -0.25) is 4.18 Å². The van der Waals surface area contributed by atoms with Crippen LogP contribution in [-0.2, 0) is 18.9 Å². The van der Waals surface area contributed by atoms with Crippen LogP contribution in [0.15, 0.2) is 0 Å². The van der Waals surface area contributed by atoms with Gasteiger partial charge in [-0.1, -0.05) is 20.8 Å². The summed E-state index contributed by atoms with van der Waals surface area (Å²) in [6.07, 6.45) is -1.21. The van der Waals surface area contributed by atoms with Crippen molar-refractivity contribution in [3.05, 3.63) is 0 Å².